The predicted octanol–water partition coefficient (Wildman–Crippen LogP) is 4.84. The first-order chi connectivity index (χ1) is 16.8. The number of halogens is 2. The van der Waals surface area contributed by atoms with E-state index in [4.69, 9.17) is 23.2 Å². The molecule has 1 unspecified atom stereocenters. The molecule has 1 atom stereocenters. The van der Waals surface area contributed by atoms with E-state index in [1.54, 1.807) is 18.2 Å². The van der Waals surface area contributed by atoms with Crippen LogP contribution in [0.25, 0.3) is 0 Å². The highest BCUT2D eigenvalue weighted by Crippen LogP contribution is 2.26. The molecule has 2 fully saturated rings. The average Bonchev–Trinajstić information content (AvgIpc) is 2.86. The first-order valence-electron chi connectivity index (χ1n) is 12.3. The molecule has 4 rings (SSSR count). The zero-order valence-corrected chi connectivity index (χ0v) is 22.2. The third kappa shape index (κ3) is 7.43. The molecule has 1 amide bonds. The maximum absolute atomic E-state index is 13.0. The highest BCUT2D eigenvalue weighted by Gasteiger charge is 2.32. The van der Waals surface area contributed by atoms with Gasteiger partial charge in [-0.2, -0.15) is 0 Å². The Kier molecular flexibility index (Phi) is 9.11. The number of likely N-dealkylation sites (tertiary alicyclic amines) is 1. The highest BCUT2D eigenvalue weighted by molar-refractivity contribution is 7.88. The maximum Gasteiger partial charge on any atom is 0.224 e. The summed E-state index contributed by atoms with van der Waals surface area (Å²) in [5.74, 6) is -0.621. The van der Waals surface area contributed by atoms with E-state index in [-0.39, 0.29) is 24.1 Å². The van der Waals surface area contributed by atoms with E-state index >= 15 is 0 Å². The van der Waals surface area contributed by atoms with Crippen LogP contribution >= 0.6 is 23.2 Å². The van der Waals surface area contributed by atoms with Gasteiger partial charge in [-0.05, 0) is 67.6 Å². The van der Waals surface area contributed by atoms with Crippen molar-refractivity contribution in [2.24, 2.45) is 5.92 Å². The Bertz CT molecular complexity index is 1120. The van der Waals surface area contributed by atoms with Crippen LogP contribution < -0.4 is 5.32 Å². The fourth-order valence-corrected chi connectivity index (χ4v) is 6.73. The number of hydrogen-bond donors (Lipinski definition) is 1. The number of rotatable bonds is 8. The fourth-order valence-electron chi connectivity index (χ4n) is 4.81. The lowest BCUT2D eigenvalue weighted by molar-refractivity contribution is -0.126. The summed E-state index contributed by atoms with van der Waals surface area (Å²) in [7, 11) is -3.57. The highest BCUT2D eigenvalue weighted by atomic mass is 35.5. The maximum atomic E-state index is 13.0. The first-order valence-corrected chi connectivity index (χ1v) is 14.7. The summed E-state index contributed by atoms with van der Waals surface area (Å²) < 4.78 is 27.4. The van der Waals surface area contributed by atoms with Crippen molar-refractivity contribution in [1.82, 2.24) is 14.5 Å². The van der Waals surface area contributed by atoms with Crippen LogP contribution in [0, 0.1) is 5.92 Å². The molecule has 190 valence electrons. The molecule has 0 bridgehead atoms. The summed E-state index contributed by atoms with van der Waals surface area (Å²) >= 11 is 12.0. The molecule has 2 aliphatic rings. The van der Waals surface area contributed by atoms with Crippen LogP contribution in [0.15, 0.2) is 42.5 Å². The number of amides is 1. The fraction of sp³-hybridized carbons (Fsp3) is 0.500. The Morgan fingerprint density at radius 3 is 2.29 bits per heavy atom. The Hall–Kier alpha value is -1.64. The summed E-state index contributed by atoms with van der Waals surface area (Å²) in [4.78, 5) is 15.3. The van der Waals surface area contributed by atoms with Gasteiger partial charge in [0.1, 0.15) is 0 Å². The van der Waals surface area contributed by atoms with E-state index < -0.39 is 10.0 Å². The Morgan fingerprint density at radius 2 is 1.57 bits per heavy atom. The number of nitrogens with one attached hydrogen (secondary N) is 1. The monoisotopic (exact) mass is 537 g/mol. The van der Waals surface area contributed by atoms with Crippen molar-refractivity contribution in [3.63, 3.8) is 0 Å². The Morgan fingerprint density at radius 1 is 0.886 bits per heavy atom. The molecular formula is C26H33Cl2N3O3S. The summed E-state index contributed by atoms with van der Waals surface area (Å²) in [6.07, 6.45) is 5.22. The smallest absolute Gasteiger partial charge is 0.224 e. The van der Waals surface area contributed by atoms with Crippen molar-refractivity contribution < 1.29 is 13.2 Å². The van der Waals surface area contributed by atoms with Gasteiger partial charge < -0.3 is 5.32 Å². The van der Waals surface area contributed by atoms with Crippen molar-refractivity contribution in [3.8, 4) is 0 Å². The molecule has 0 aliphatic carbocycles. The molecule has 35 heavy (non-hydrogen) atoms. The molecule has 2 aliphatic heterocycles. The molecule has 0 radical (unpaired) electrons. The van der Waals surface area contributed by atoms with Crippen molar-refractivity contribution in [1.29, 1.82) is 0 Å². The van der Waals surface area contributed by atoms with E-state index in [1.807, 2.05) is 0 Å². The van der Waals surface area contributed by atoms with E-state index in [9.17, 15) is 13.2 Å². The molecule has 0 saturated carbocycles. The van der Waals surface area contributed by atoms with Gasteiger partial charge in [0.05, 0.1) is 21.7 Å². The van der Waals surface area contributed by atoms with Gasteiger partial charge in [-0.25, -0.2) is 12.7 Å². The third-order valence-electron chi connectivity index (χ3n) is 6.83. The standard InChI is InChI=1S/C26H33Cl2N3O3S/c27-24-11-10-22(15-25(24)28)19-35(33,34)31-14-4-5-23(18-31)26(32)29-16-20-6-8-21(9-7-20)17-30-12-2-1-3-13-30/h6-11,15,23H,1-5,12-14,16-19H2,(H,29,32). The van der Waals surface area contributed by atoms with Crippen molar-refractivity contribution >= 4 is 39.1 Å². The molecule has 0 aromatic heterocycles. The van der Waals surface area contributed by atoms with Gasteiger partial charge in [-0.15, -0.1) is 0 Å². The zero-order chi connectivity index (χ0) is 24.8. The number of hydrogen-bond acceptors (Lipinski definition) is 4. The predicted molar refractivity (Wildman–Crippen MR) is 141 cm³/mol. The summed E-state index contributed by atoms with van der Waals surface area (Å²) in [5.41, 5.74) is 2.91. The number of benzene rings is 2. The molecule has 2 heterocycles. The van der Waals surface area contributed by atoms with E-state index in [2.05, 4.69) is 34.5 Å². The Labute approximate surface area is 218 Å². The molecule has 2 aromatic carbocycles. The molecular weight excluding hydrogens is 505 g/mol. The molecule has 1 N–H and O–H groups in total. The van der Waals surface area contributed by atoms with Crippen LogP contribution in [0.1, 0.15) is 48.8 Å². The van der Waals surface area contributed by atoms with E-state index in [0.717, 1.165) is 12.1 Å². The number of sulfonamides is 1. The van der Waals surface area contributed by atoms with Crippen LogP contribution in [-0.4, -0.2) is 49.7 Å². The first kappa shape index (κ1) is 26.4. The second-order valence-electron chi connectivity index (χ2n) is 9.57. The Balaban J connectivity index is 1.28. The van der Waals surface area contributed by atoms with Gasteiger partial charge >= 0.3 is 0 Å². The molecule has 6 nitrogen and oxygen atoms in total. The second kappa shape index (κ2) is 12.1. The van der Waals surface area contributed by atoms with E-state index in [1.165, 1.54) is 42.2 Å². The van der Waals surface area contributed by atoms with Gasteiger partial charge in [-0.1, -0.05) is 60.0 Å². The average molecular weight is 539 g/mol. The largest absolute Gasteiger partial charge is 0.352 e. The lowest BCUT2D eigenvalue weighted by Gasteiger charge is -2.31. The van der Waals surface area contributed by atoms with Gasteiger partial charge in [0, 0.05) is 26.2 Å². The zero-order valence-electron chi connectivity index (χ0n) is 19.9. The van der Waals surface area contributed by atoms with Crippen molar-refractivity contribution in [2.75, 3.05) is 26.2 Å². The topological polar surface area (TPSA) is 69.7 Å². The van der Waals surface area contributed by atoms with Crippen LogP contribution in [0.3, 0.4) is 0 Å². The lowest BCUT2D eigenvalue weighted by atomic mass is 9.98. The minimum atomic E-state index is -3.57. The molecule has 0 spiro atoms. The van der Waals surface area contributed by atoms with E-state index in [0.29, 0.717) is 41.5 Å². The second-order valence-corrected chi connectivity index (χ2v) is 12.4. The van der Waals surface area contributed by atoms with Gasteiger partial charge in [0.25, 0.3) is 0 Å². The van der Waals surface area contributed by atoms with Crippen LogP contribution in [0.2, 0.25) is 10.0 Å². The summed E-state index contributed by atoms with van der Waals surface area (Å²) in [5, 5.41) is 3.72. The van der Waals surface area contributed by atoms with Crippen LogP contribution in [0.4, 0.5) is 0 Å². The molecule has 9 heteroatoms. The van der Waals surface area contributed by atoms with Crippen molar-refractivity contribution in [3.05, 3.63) is 69.2 Å². The molecule has 2 saturated heterocycles. The van der Waals surface area contributed by atoms with Gasteiger partial charge in [0.15, 0.2) is 0 Å². The number of carbonyl (C=O) groups is 1. The number of nitrogens with zero attached hydrogens (tertiary/aromatic N) is 2. The van der Waals surface area contributed by atoms with Crippen LogP contribution in [-0.2, 0) is 33.7 Å². The number of carbonyl (C=O) groups excluding carboxylic acids is 1. The summed E-state index contributed by atoms with van der Waals surface area (Å²) in [6, 6.07) is 13.2. The normalized spacial score (nSPS) is 20.0. The minimum absolute atomic E-state index is 0.100. The van der Waals surface area contributed by atoms with Crippen molar-refractivity contribution in [2.45, 2.75) is 50.9 Å². The SMILES string of the molecule is O=C(NCc1ccc(CN2CCCCC2)cc1)C1CCCN(S(=O)(=O)Cc2ccc(Cl)c(Cl)c2)C1. The third-order valence-corrected chi connectivity index (χ3v) is 9.38. The molecule has 2 aromatic rings. The summed E-state index contributed by atoms with van der Waals surface area (Å²) in [6.45, 7) is 4.37. The minimum Gasteiger partial charge on any atom is -0.352 e. The van der Waals surface area contributed by atoms with Gasteiger partial charge in [-0.3, -0.25) is 9.69 Å². The number of piperidine rings is 2. The van der Waals surface area contributed by atoms with Gasteiger partial charge in [0.2, 0.25) is 15.9 Å². The van der Waals surface area contributed by atoms with Crippen LogP contribution in [0.5, 0.6) is 0 Å². The lowest BCUT2D eigenvalue weighted by Crippen LogP contribution is -2.45. The quantitative estimate of drug-likeness (QED) is 0.523.